The highest BCUT2D eigenvalue weighted by Gasteiger charge is 2.14. The summed E-state index contributed by atoms with van der Waals surface area (Å²) in [5.74, 6) is 0.662. The highest BCUT2D eigenvalue weighted by Crippen LogP contribution is 2.20. The second kappa shape index (κ2) is 13.8. The lowest BCUT2D eigenvalue weighted by molar-refractivity contribution is 0.444. The summed E-state index contributed by atoms with van der Waals surface area (Å²) < 4.78 is 12.8. The van der Waals surface area contributed by atoms with Crippen LogP contribution >= 0.6 is 0 Å². The van der Waals surface area contributed by atoms with Crippen molar-refractivity contribution in [1.29, 1.82) is 5.26 Å². The number of hydrogen-bond acceptors (Lipinski definition) is 8. The maximum atomic E-state index is 12.8. The molecule has 1 heterocycles. The number of nitrogens with zero attached hydrogens (tertiary/aromatic N) is 5. The van der Waals surface area contributed by atoms with E-state index in [1.807, 2.05) is 6.07 Å². The Morgan fingerprint density at radius 3 is 2.79 bits per heavy atom. The molecule has 2 aromatic rings. The Bertz CT molecular complexity index is 963. The van der Waals surface area contributed by atoms with E-state index >= 15 is 0 Å². The molecule has 1 aliphatic rings. The predicted octanol–water partition coefficient (Wildman–Crippen LogP) is 3.53. The first-order valence-electron chi connectivity index (χ1n) is 11.0. The van der Waals surface area contributed by atoms with Crippen molar-refractivity contribution in [1.82, 2.24) is 20.3 Å². The van der Waals surface area contributed by atoms with Crippen LogP contribution in [0.25, 0.3) is 0 Å². The fourth-order valence-electron chi connectivity index (χ4n) is 3.31. The van der Waals surface area contributed by atoms with Gasteiger partial charge >= 0.3 is 0 Å². The van der Waals surface area contributed by atoms with Gasteiger partial charge in [0, 0.05) is 38.5 Å². The van der Waals surface area contributed by atoms with Crippen LogP contribution in [-0.2, 0) is 13.0 Å². The van der Waals surface area contributed by atoms with Gasteiger partial charge < -0.3 is 16.4 Å². The Kier molecular flexibility index (Phi) is 10.8. The smallest absolute Gasteiger partial charge is 0.223 e. The van der Waals surface area contributed by atoms with Crippen molar-refractivity contribution in [3.05, 3.63) is 65.5 Å². The first-order chi connectivity index (χ1) is 15.9. The van der Waals surface area contributed by atoms with Crippen molar-refractivity contribution in [3.63, 3.8) is 0 Å². The average molecular weight is 453 g/mol. The van der Waals surface area contributed by atoms with E-state index < -0.39 is 5.82 Å². The SMILES string of the molecule is C=C(N)N(C)/N=C\Cc1ccnc(NC2CCCCC2)n1.CNCc1ccc(F)c(C#N)c1. The standard InChI is InChI=1S/C15H24N6.C9H9FN2/c1-12(16)21(2)18-11-9-14-8-10-17-15(20-14)19-13-6-4-3-5-7-13;1-12-6-7-2-3-9(10)8(4-7)5-11/h8,10-11,13H,1,3-7,9,16H2,2H3,(H,17,19,20);2-4,12H,6H2,1H3/b18-11-;. The number of rotatable bonds is 8. The van der Waals surface area contributed by atoms with Crippen molar-refractivity contribution in [2.45, 2.75) is 51.1 Å². The van der Waals surface area contributed by atoms with Crippen LogP contribution in [0.5, 0.6) is 0 Å². The summed E-state index contributed by atoms with van der Waals surface area (Å²) >= 11 is 0. The molecule has 33 heavy (non-hydrogen) atoms. The number of nitrogens with two attached hydrogens (primary N) is 1. The largest absolute Gasteiger partial charge is 0.384 e. The van der Waals surface area contributed by atoms with Crippen molar-refractivity contribution < 1.29 is 4.39 Å². The van der Waals surface area contributed by atoms with Gasteiger partial charge in [-0.15, -0.1) is 0 Å². The Morgan fingerprint density at radius 1 is 1.36 bits per heavy atom. The predicted molar refractivity (Wildman–Crippen MR) is 130 cm³/mol. The van der Waals surface area contributed by atoms with Gasteiger partial charge in [0.25, 0.3) is 0 Å². The molecule has 0 amide bonds. The molecule has 1 saturated carbocycles. The number of hydrogen-bond donors (Lipinski definition) is 3. The molecule has 1 aromatic heterocycles. The topological polar surface area (TPSA) is 115 Å². The number of benzene rings is 1. The van der Waals surface area contributed by atoms with E-state index in [-0.39, 0.29) is 5.56 Å². The molecule has 4 N–H and O–H groups in total. The Morgan fingerprint density at radius 2 is 2.12 bits per heavy atom. The third-order valence-electron chi connectivity index (χ3n) is 5.15. The fraction of sp³-hybridized carbons (Fsp3) is 0.417. The van der Waals surface area contributed by atoms with E-state index in [9.17, 15) is 4.39 Å². The molecule has 0 spiro atoms. The molecular weight excluding hydrogens is 419 g/mol. The number of nitriles is 1. The van der Waals surface area contributed by atoms with E-state index in [1.54, 1.807) is 44.7 Å². The highest BCUT2D eigenvalue weighted by atomic mass is 19.1. The second-order valence-electron chi connectivity index (χ2n) is 7.82. The molecule has 9 heteroatoms. The molecular formula is C24H33FN8. The second-order valence-corrected chi connectivity index (χ2v) is 7.82. The quantitative estimate of drug-likeness (QED) is 0.414. The molecule has 0 atom stereocenters. The molecule has 8 nitrogen and oxygen atoms in total. The van der Waals surface area contributed by atoms with Crippen LogP contribution < -0.4 is 16.4 Å². The fourth-order valence-corrected chi connectivity index (χ4v) is 3.31. The van der Waals surface area contributed by atoms with Gasteiger partial charge in [-0.2, -0.15) is 10.4 Å². The lowest BCUT2D eigenvalue weighted by Crippen LogP contribution is -2.23. The average Bonchev–Trinajstić information content (AvgIpc) is 2.82. The van der Waals surface area contributed by atoms with Gasteiger partial charge in [0.2, 0.25) is 5.95 Å². The van der Waals surface area contributed by atoms with Crippen LogP contribution in [0.1, 0.15) is 48.9 Å². The van der Waals surface area contributed by atoms with Gasteiger partial charge in [0.15, 0.2) is 0 Å². The summed E-state index contributed by atoms with van der Waals surface area (Å²) in [6.45, 7) is 4.26. The van der Waals surface area contributed by atoms with E-state index in [2.05, 4.69) is 32.3 Å². The highest BCUT2D eigenvalue weighted by molar-refractivity contribution is 5.60. The van der Waals surface area contributed by atoms with E-state index in [1.165, 1.54) is 43.2 Å². The van der Waals surface area contributed by atoms with Crippen LogP contribution in [-0.4, -0.2) is 41.3 Å². The lowest BCUT2D eigenvalue weighted by atomic mass is 9.96. The minimum atomic E-state index is -0.461. The molecule has 1 aromatic carbocycles. The van der Waals surface area contributed by atoms with Gasteiger partial charge in [-0.25, -0.2) is 14.4 Å². The van der Waals surface area contributed by atoms with E-state index in [0.717, 1.165) is 11.3 Å². The summed E-state index contributed by atoms with van der Waals surface area (Å²) in [5.41, 5.74) is 7.47. The molecule has 1 fully saturated rings. The van der Waals surface area contributed by atoms with Crippen molar-refractivity contribution in [2.75, 3.05) is 19.4 Å². The van der Waals surface area contributed by atoms with Crippen molar-refractivity contribution in [3.8, 4) is 6.07 Å². The van der Waals surface area contributed by atoms with Crippen LogP contribution in [0, 0.1) is 17.1 Å². The van der Waals surface area contributed by atoms with Crippen molar-refractivity contribution in [2.24, 2.45) is 10.8 Å². The number of anilines is 1. The minimum Gasteiger partial charge on any atom is -0.384 e. The van der Waals surface area contributed by atoms with Crippen molar-refractivity contribution >= 4 is 12.2 Å². The zero-order chi connectivity index (χ0) is 24.1. The van der Waals surface area contributed by atoms with Gasteiger partial charge in [-0.05, 0) is 43.7 Å². The maximum Gasteiger partial charge on any atom is 0.223 e. The number of nitrogens with one attached hydrogen (secondary N) is 2. The normalized spacial score (nSPS) is 13.6. The summed E-state index contributed by atoms with van der Waals surface area (Å²) in [5, 5.41) is 20.5. The first kappa shape index (κ1) is 25.7. The number of hydrazone groups is 1. The van der Waals surface area contributed by atoms with Gasteiger partial charge in [0.1, 0.15) is 17.7 Å². The van der Waals surface area contributed by atoms with E-state index in [0.29, 0.717) is 30.8 Å². The lowest BCUT2D eigenvalue weighted by Gasteiger charge is -2.22. The van der Waals surface area contributed by atoms with Crippen LogP contribution in [0.2, 0.25) is 0 Å². The summed E-state index contributed by atoms with van der Waals surface area (Å²) in [6.07, 6.45) is 10.5. The monoisotopic (exact) mass is 452 g/mol. The summed E-state index contributed by atoms with van der Waals surface area (Å²) in [7, 11) is 3.56. The Labute approximate surface area is 195 Å². The zero-order valence-corrected chi connectivity index (χ0v) is 19.4. The number of halogens is 1. The minimum absolute atomic E-state index is 0.0998. The molecule has 3 rings (SSSR count). The Hall–Kier alpha value is -3.51. The zero-order valence-electron chi connectivity index (χ0n) is 19.4. The molecule has 0 aliphatic heterocycles. The molecule has 0 saturated heterocycles. The third-order valence-corrected chi connectivity index (χ3v) is 5.15. The van der Waals surface area contributed by atoms with Crippen LogP contribution in [0.15, 0.2) is 48.0 Å². The van der Waals surface area contributed by atoms with Crippen LogP contribution in [0.4, 0.5) is 10.3 Å². The number of aromatic nitrogens is 2. The molecule has 1 aliphatic carbocycles. The molecule has 176 valence electrons. The third kappa shape index (κ3) is 9.25. The summed E-state index contributed by atoms with van der Waals surface area (Å²) in [4.78, 5) is 8.82. The Balaban J connectivity index is 0.000000273. The first-order valence-corrected chi connectivity index (χ1v) is 11.0. The molecule has 0 unspecified atom stereocenters. The van der Waals surface area contributed by atoms with Gasteiger partial charge in [0.05, 0.1) is 11.3 Å². The molecule has 0 bridgehead atoms. The summed E-state index contributed by atoms with van der Waals surface area (Å²) in [6, 6.07) is 8.72. The molecule has 0 radical (unpaired) electrons. The van der Waals surface area contributed by atoms with Gasteiger partial charge in [-0.3, -0.25) is 5.01 Å². The maximum absolute atomic E-state index is 12.8. The van der Waals surface area contributed by atoms with E-state index in [4.69, 9.17) is 11.0 Å². The van der Waals surface area contributed by atoms with Gasteiger partial charge in [-0.1, -0.05) is 31.9 Å². The van der Waals surface area contributed by atoms with Crippen LogP contribution in [0.3, 0.4) is 0 Å².